The van der Waals surface area contributed by atoms with Gasteiger partial charge in [-0.2, -0.15) is 0 Å². The van der Waals surface area contributed by atoms with Crippen LogP contribution in [0.2, 0.25) is 0 Å². The fourth-order valence-corrected chi connectivity index (χ4v) is 2.31. The molecule has 0 radical (unpaired) electrons. The van der Waals surface area contributed by atoms with E-state index < -0.39 is 9.89 Å². The van der Waals surface area contributed by atoms with Crippen molar-refractivity contribution in [1.82, 2.24) is 5.43 Å². The van der Waals surface area contributed by atoms with Crippen molar-refractivity contribution >= 4 is 46.6 Å². The summed E-state index contributed by atoms with van der Waals surface area (Å²) in [5.41, 5.74) is 3.76. The molecule has 8 heteroatoms. The van der Waals surface area contributed by atoms with Crippen LogP contribution in [0.1, 0.15) is 5.56 Å². The quantitative estimate of drug-likeness (QED) is 0.559. The highest BCUT2D eigenvalue weighted by molar-refractivity contribution is 6.67. The minimum Gasteiger partial charge on any atom is -0.489 e. The number of anilines is 1. The maximum atomic E-state index is 10.9. The minimum atomic E-state index is -1.63. The van der Waals surface area contributed by atoms with Crippen molar-refractivity contribution in [2.24, 2.45) is 0 Å². The molecule has 5 nitrogen and oxygen atoms in total. The third-order valence-electron chi connectivity index (χ3n) is 2.96. The summed E-state index contributed by atoms with van der Waals surface area (Å²) in [6.07, 6.45) is -1.26. The predicted molar refractivity (Wildman–Crippen MR) is 96.0 cm³/mol. The van der Waals surface area contributed by atoms with Crippen molar-refractivity contribution in [1.29, 1.82) is 0 Å². The maximum Gasteiger partial charge on any atom is 0.423 e. The average molecular weight is 390 g/mol. The van der Waals surface area contributed by atoms with E-state index in [1.165, 1.54) is 5.01 Å². The Hall–Kier alpha value is -1.82. The zero-order chi connectivity index (χ0) is 17.6. The molecular weight excluding hydrogens is 375 g/mol. The van der Waals surface area contributed by atoms with E-state index in [4.69, 9.17) is 44.6 Å². The molecule has 0 aliphatic carbocycles. The Labute approximate surface area is 154 Å². The molecule has 0 atom stereocenters. The maximum absolute atomic E-state index is 10.9. The van der Waals surface area contributed by atoms with Gasteiger partial charge in [0, 0.05) is 0 Å². The number of halogens is 3. The first-order valence-corrected chi connectivity index (χ1v) is 8.07. The molecule has 0 bridgehead atoms. The SMILES string of the molecule is O=C(O)NN(CC(Cl)(Cl)Cl)c1ccc(OCc2ccccc2)cc1. The number of hydrogen-bond donors (Lipinski definition) is 2. The Kier molecular flexibility index (Phi) is 6.43. The van der Waals surface area contributed by atoms with Crippen LogP contribution in [0.4, 0.5) is 10.5 Å². The van der Waals surface area contributed by atoms with Crippen molar-refractivity contribution in [3.63, 3.8) is 0 Å². The van der Waals surface area contributed by atoms with Gasteiger partial charge in [-0.25, -0.2) is 10.2 Å². The highest BCUT2D eigenvalue weighted by Crippen LogP contribution is 2.29. The fourth-order valence-electron chi connectivity index (χ4n) is 1.95. The van der Waals surface area contributed by atoms with Crippen LogP contribution in [0.25, 0.3) is 0 Å². The van der Waals surface area contributed by atoms with E-state index in [2.05, 4.69) is 5.43 Å². The number of rotatable bonds is 6. The van der Waals surface area contributed by atoms with E-state index in [-0.39, 0.29) is 6.54 Å². The molecular formula is C16H15Cl3N2O3. The molecule has 0 saturated heterocycles. The number of hydrogen-bond acceptors (Lipinski definition) is 3. The van der Waals surface area contributed by atoms with Gasteiger partial charge in [-0.3, -0.25) is 5.01 Å². The summed E-state index contributed by atoms with van der Waals surface area (Å²) in [4.78, 5) is 10.9. The molecule has 0 heterocycles. The molecule has 128 valence electrons. The minimum absolute atomic E-state index is 0.145. The Morgan fingerprint density at radius 2 is 1.71 bits per heavy atom. The number of ether oxygens (including phenoxy) is 1. The molecule has 0 unspecified atom stereocenters. The van der Waals surface area contributed by atoms with Gasteiger partial charge in [-0.15, -0.1) is 0 Å². The Balaban J connectivity index is 2.03. The van der Waals surface area contributed by atoms with Crippen LogP contribution in [-0.4, -0.2) is 21.5 Å². The molecule has 24 heavy (non-hydrogen) atoms. The fraction of sp³-hybridized carbons (Fsp3) is 0.188. The van der Waals surface area contributed by atoms with Gasteiger partial charge in [0.25, 0.3) is 0 Å². The van der Waals surface area contributed by atoms with Crippen molar-refractivity contribution in [2.45, 2.75) is 10.4 Å². The topological polar surface area (TPSA) is 61.8 Å². The summed E-state index contributed by atoms with van der Waals surface area (Å²) in [6, 6.07) is 16.5. The molecule has 1 amide bonds. The summed E-state index contributed by atoms with van der Waals surface area (Å²) < 4.78 is 4.04. The highest BCUT2D eigenvalue weighted by atomic mass is 35.6. The van der Waals surface area contributed by atoms with E-state index in [1.54, 1.807) is 24.3 Å². The second-order valence-corrected chi connectivity index (χ2v) is 7.40. The lowest BCUT2D eigenvalue weighted by atomic mass is 10.2. The van der Waals surface area contributed by atoms with E-state index in [1.807, 2.05) is 30.3 Å². The van der Waals surface area contributed by atoms with Crippen LogP contribution < -0.4 is 15.2 Å². The number of hydrazine groups is 1. The lowest BCUT2D eigenvalue weighted by Gasteiger charge is -2.27. The standard InChI is InChI=1S/C16H15Cl3N2O3/c17-16(18,19)11-21(20-15(22)23)13-6-8-14(9-7-13)24-10-12-4-2-1-3-5-12/h1-9,20H,10-11H2,(H,22,23). The highest BCUT2D eigenvalue weighted by Gasteiger charge is 2.25. The first-order valence-electron chi connectivity index (χ1n) is 6.94. The smallest absolute Gasteiger partial charge is 0.423 e. The number of nitrogens with zero attached hydrogens (tertiary/aromatic N) is 1. The third kappa shape index (κ3) is 6.35. The average Bonchev–Trinajstić information content (AvgIpc) is 2.52. The van der Waals surface area contributed by atoms with Crippen molar-refractivity contribution < 1.29 is 14.6 Å². The Morgan fingerprint density at radius 3 is 2.25 bits per heavy atom. The molecule has 2 N–H and O–H groups in total. The lowest BCUT2D eigenvalue weighted by Crippen LogP contribution is -2.46. The normalized spacial score (nSPS) is 11.0. The summed E-state index contributed by atoms with van der Waals surface area (Å²) in [5, 5.41) is 10.1. The van der Waals surface area contributed by atoms with Crippen molar-refractivity contribution in [3.8, 4) is 5.75 Å². The van der Waals surface area contributed by atoms with Crippen LogP contribution in [0.15, 0.2) is 54.6 Å². The van der Waals surface area contributed by atoms with Crippen LogP contribution in [0.3, 0.4) is 0 Å². The number of amides is 1. The summed E-state index contributed by atoms with van der Waals surface area (Å²) >= 11 is 17.2. The molecule has 0 spiro atoms. The van der Waals surface area contributed by atoms with E-state index >= 15 is 0 Å². The summed E-state index contributed by atoms with van der Waals surface area (Å²) in [6.45, 7) is 0.291. The molecule has 0 aliphatic rings. The van der Waals surface area contributed by atoms with E-state index in [9.17, 15) is 4.79 Å². The van der Waals surface area contributed by atoms with Gasteiger partial charge in [0.05, 0.1) is 12.2 Å². The predicted octanol–water partition coefficient (Wildman–Crippen LogP) is 4.62. The molecule has 0 aliphatic heterocycles. The number of benzene rings is 2. The first kappa shape index (κ1) is 18.5. The van der Waals surface area contributed by atoms with Gasteiger partial charge in [0.15, 0.2) is 0 Å². The summed E-state index contributed by atoms with van der Waals surface area (Å²) in [7, 11) is 0. The van der Waals surface area contributed by atoms with Gasteiger partial charge in [0.2, 0.25) is 3.79 Å². The molecule has 0 fully saturated rings. The number of alkyl halides is 3. The van der Waals surface area contributed by atoms with Gasteiger partial charge in [-0.05, 0) is 29.8 Å². The number of nitrogens with one attached hydrogen (secondary N) is 1. The summed E-state index contributed by atoms with van der Waals surface area (Å²) in [5.74, 6) is 0.645. The zero-order valence-corrected chi connectivity index (χ0v) is 14.7. The number of carbonyl (C=O) groups is 1. The van der Waals surface area contributed by atoms with Gasteiger partial charge in [0.1, 0.15) is 12.4 Å². The zero-order valence-electron chi connectivity index (χ0n) is 12.5. The second-order valence-electron chi connectivity index (χ2n) is 4.89. The van der Waals surface area contributed by atoms with Crippen LogP contribution in [0.5, 0.6) is 5.75 Å². The first-order chi connectivity index (χ1) is 11.3. The Morgan fingerprint density at radius 1 is 1.08 bits per heavy atom. The van der Waals surface area contributed by atoms with Crippen LogP contribution in [-0.2, 0) is 6.61 Å². The second kappa shape index (κ2) is 8.33. The molecule has 2 aromatic carbocycles. The molecule has 2 aromatic rings. The molecule has 0 saturated carbocycles. The van der Waals surface area contributed by atoms with Gasteiger partial charge >= 0.3 is 6.09 Å². The third-order valence-corrected chi connectivity index (χ3v) is 3.32. The lowest BCUT2D eigenvalue weighted by molar-refractivity contribution is 0.193. The Bertz CT molecular complexity index is 661. The van der Waals surface area contributed by atoms with Crippen molar-refractivity contribution in [3.05, 3.63) is 60.2 Å². The number of carboxylic acid groups (broad SMARTS) is 1. The van der Waals surface area contributed by atoms with Gasteiger partial charge < -0.3 is 9.84 Å². The van der Waals surface area contributed by atoms with Gasteiger partial charge in [-0.1, -0.05) is 65.1 Å². The van der Waals surface area contributed by atoms with Crippen LogP contribution in [0, 0.1) is 0 Å². The molecule has 2 rings (SSSR count). The van der Waals surface area contributed by atoms with Crippen molar-refractivity contribution in [2.75, 3.05) is 11.6 Å². The monoisotopic (exact) mass is 388 g/mol. The van der Waals surface area contributed by atoms with E-state index in [0.29, 0.717) is 18.0 Å². The van der Waals surface area contributed by atoms with Crippen LogP contribution >= 0.6 is 34.8 Å². The van der Waals surface area contributed by atoms with E-state index in [0.717, 1.165) is 5.56 Å². The molecule has 0 aromatic heterocycles. The largest absolute Gasteiger partial charge is 0.489 e.